The van der Waals surface area contributed by atoms with E-state index in [9.17, 15) is 9.59 Å². The SMILES string of the molecule is O=C(Nc1ccc(Cl)c(Cl)c1)[C@@H]1[C@@H](C(=O)Nc2ccc(Cl)c(Cl)c2)[C@H]2C=C[C@H]1C2. The highest BCUT2D eigenvalue weighted by atomic mass is 35.5. The number of carbonyl (C=O) groups is 2. The smallest absolute Gasteiger partial charge is 0.228 e. The van der Waals surface area contributed by atoms with Gasteiger partial charge in [0.15, 0.2) is 0 Å². The summed E-state index contributed by atoms with van der Waals surface area (Å²) in [4.78, 5) is 26.1. The molecule has 2 amide bonds. The number of hydrogen-bond donors (Lipinski definition) is 2. The average molecular weight is 470 g/mol. The second-order valence-electron chi connectivity index (χ2n) is 7.24. The maximum atomic E-state index is 13.0. The molecule has 0 spiro atoms. The van der Waals surface area contributed by atoms with Crippen LogP contribution in [-0.4, -0.2) is 11.8 Å². The molecule has 2 aliphatic rings. The molecule has 29 heavy (non-hydrogen) atoms. The van der Waals surface area contributed by atoms with Crippen LogP contribution in [0, 0.1) is 23.7 Å². The molecule has 0 saturated heterocycles. The highest BCUT2D eigenvalue weighted by molar-refractivity contribution is 6.42. The van der Waals surface area contributed by atoms with E-state index in [0.29, 0.717) is 31.5 Å². The number of halogens is 4. The second-order valence-corrected chi connectivity index (χ2v) is 8.86. The lowest BCUT2D eigenvalue weighted by atomic mass is 9.81. The Bertz CT molecular complexity index is 944. The van der Waals surface area contributed by atoms with Crippen LogP contribution < -0.4 is 10.6 Å². The Kier molecular flexibility index (Phi) is 5.80. The average Bonchev–Trinajstić information content (AvgIpc) is 3.29. The summed E-state index contributed by atoms with van der Waals surface area (Å²) >= 11 is 23.9. The van der Waals surface area contributed by atoms with Crippen LogP contribution in [0.15, 0.2) is 48.6 Å². The first-order valence-corrected chi connectivity index (χ1v) is 10.5. The van der Waals surface area contributed by atoms with Gasteiger partial charge in [0.25, 0.3) is 0 Å². The van der Waals surface area contributed by atoms with Gasteiger partial charge in [0.1, 0.15) is 0 Å². The first-order chi connectivity index (χ1) is 13.8. The van der Waals surface area contributed by atoms with Crippen LogP contribution in [0.3, 0.4) is 0 Å². The molecule has 2 aromatic carbocycles. The van der Waals surface area contributed by atoms with E-state index in [1.807, 2.05) is 12.2 Å². The topological polar surface area (TPSA) is 58.2 Å². The number of allylic oxidation sites excluding steroid dienone is 2. The molecule has 1 fully saturated rings. The van der Waals surface area contributed by atoms with Crippen molar-refractivity contribution in [2.45, 2.75) is 6.42 Å². The number of amides is 2. The first kappa shape index (κ1) is 20.5. The molecule has 2 aromatic rings. The van der Waals surface area contributed by atoms with Gasteiger partial charge in [0, 0.05) is 11.4 Å². The van der Waals surface area contributed by atoms with Crippen molar-refractivity contribution >= 4 is 69.6 Å². The molecule has 0 aliphatic heterocycles. The Labute approximate surface area is 188 Å². The van der Waals surface area contributed by atoms with E-state index >= 15 is 0 Å². The Morgan fingerprint density at radius 3 is 1.48 bits per heavy atom. The molecule has 4 nitrogen and oxygen atoms in total. The molecule has 0 heterocycles. The summed E-state index contributed by atoms with van der Waals surface area (Å²) < 4.78 is 0. The summed E-state index contributed by atoms with van der Waals surface area (Å²) in [6, 6.07) is 9.79. The molecule has 2 N–H and O–H groups in total. The predicted molar refractivity (Wildman–Crippen MR) is 118 cm³/mol. The molecule has 4 atom stereocenters. The van der Waals surface area contributed by atoms with Crippen LogP contribution in [0.1, 0.15) is 6.42 Å². The summed E-state index contributed by atoms with van der Waals surface area (Å²) in [5.74, 6) is -1.33. The van der Waals surface area contributed by atoms with Crippen LogP contribution in [0.2, 0.25) is 20.1 Å². The van der Waals surface area contributed by atoms with Gasteiger partial charge in [-0.2, -0.15) is 0 Å². The van der Waals surface area contributed by atoms with Crippen LogP contribution >= 0.6 is 46.4 Å². The van der Waals surface area contributed by atoms with E-state index in [0.717, 1.165) is 6.42 Å². The lowest BCUT2D eigenvalue weighted by Crippen LogP contribution is -2.39. The number of fused-ring (bicyclic) bond motifs is 2. The first-order valence-electron chi connectivity index (χ1n) is 9.03. The Balaban J connectivity index is 1.53. The van der Waals surface area contributed by atoms with Gasteiger partial charge in [-0.25, -0.2) is 0 Å². The molecule has 8 heteroatoms. The number of hydrogen-bond acceptors (Lipinski definition) is 2. The minimum atomic E-state index is -0.470. The van der Waals surface area contributed by atoms with E-state index < -0.39 is 11.8 Å². The Morgan fingerprint density at radius 1 is 0.690 bits per heavy atom. The number of nitrogens with one attached hydrogen (secondary N) is 2. The maximum absolute atomic E-state index is 13.0. The van der Waals surface area contributed by atoms with Crippen molar-refractivity contribution in [2.24, 2.45) is 23.7 Å². The van der Waals surface area contributed by atoms with Crippen LogP contribution in [0.5, 0.6) is 0 Å². The van der Waals surface area contributed by atoms with Crippen molar-refractivity contribution in [3.63, 3.8) is 0 Å². The van der Waals surface area contributed by atoms with Crippen molar-refractivity contribution in [2.75, 3.05) is 10.6 Å². The molecular formula is C21H16Cl4N2O2. The van der Waals surface area contributed by atoms with E-state index in [1.165, 1.54) is 0 Å². The van der Waals surface area contributed by atoms with Gasteiger partial charge in [-0.3, -0.25) is 9.59 Å². The Hall–Kier alpha value is -1.72. The number of rotatable bonds is 4. The monoisotopic (exact) mass is 468 g/mol. The van der Waals surface area contributed by atoms with Gasteiger partial charge >= 0.3 is 0 Å². The third kappa shape index (κ3) is 4.13. The molecule has 0 radical (unpaired) electrons. The third-order valence-electron chi connectivity index (χ3n) is 5.44. The summed E-state index contributed by atoms with van der Waals surface area (Å²) in [5, 5.41) is 7.26. The van der Waals surface area contributed by atoms with Gasteiger partial charge < -0.3 is 10.6 Å². The van der Waals surface area contributed by atoms with Crippen LogP contribution in [-0.2, 0) is 9.59 Å². The lowest BCUT2D eigenvalue weighted by molar-refractivity contribution is -0.129. The van der Waals surface area contributed by atoms with Gasteiger partial charge in [-0.15, -0.1) is 0 Å². The fraction of sp³-hybridized carbons (Fsp3) is 0.238. The summed E-state index contributed by atoms with van der Waals surface area (Å²) in [6.45, 7) is 0. The molecule has 1 saturated carbocycles. The zero-order chi connectivity index (χ0) is 20.7. The number of anilines is 2. The quantitative estimate of drug-likeness (QED) is 0.515. The van der Waals surface area contributed by atoms with Crippen molar-refractivity contribution in [3.05, 3.63) is 68.6 Å². The van der Waals surface area contributed by atoms with E-state index in [4.69, 9.17) is 46.4 Å². The maximum Gasteiger partial charge on any atom is 0.228 e. The normalized spacial score (nSPS) is 24.6. The van der Waals surface area contributed by atoms with Crippen molar-refractivity contribution in [1.82, 2.24) is 0 Å². The van der Waals surface area contributed by atoms with Gasteiger partial charge in [0.05, 0.1) is 31.9 Å². The molecule has 2 bridgehead atoms. The van der Waals surface area contributed by atoms with Crippen LogP contribution in [0.25, 0.3) is 0 Å². The molecule has 150 valence electrons. The highest BCUT2D eigenvalue weighted by Crippen LogP contribution is 2.49. The Morgan fingerprint density at radius 2 is 1.10 bits per heavy atom. The van der Waals surface area contributed by atoms with E-state index in [1.54, 1.807) is 36.4 Å². The molecule has 4 rings (SSSR count). The summed E-state index contributed by atoms with van der Waals surface area (Å²) in [7, 11) is 0. The van der Waals surface area contributed by atoms with Gasteiger partial charge in [-0.1, -0.05) is 58.6 Å². The molecule has 0 aromatic heterocycles. The standard InChI is InChI=1S/C21H16Cl4N2O2/c22-14-5-3-12(8-16(14)24)26-20(28)18-10-1-2-11(7-10)19(18)21(29)27-13-4-6-15(23)17(25)9-13/h1-6,8-11,18-19H,7H2,(H,26,28)(H,27,29)/t10-,11-,18-,19-/m0/s1. The van der Waals surface area contributed by atoms with Gasteiger partial charge in [-0.05, 0) is 54.7 Å². The summed E-state index contributed by atoms with van der Waals surface area (Å²) in [5.41, 5.74) is 1.08. The van der Waals surface area contributed by atoms with E-state index in [-0.39, 0.29) is 23.7 Å². The second kappa shape index (κ2) is 8.19. The number of benzene rings is 2. The fourth-order valence-corrected chi connectivity index (χ4v) is 4.73. The van der Waals surface area contributed by atoms with Crippen molar-refractivity contribution in [3.8, 4) is 0 Å². The predicted octanol–water partition coefficient (Wildman–Crippen LogP) is 6.32. The van der Waals surface area contributed by atoms with E-state index in [2.05, 4.69) is 10.6 Å². The minimum Gasteiger partial charge on any atom is -0.326 e. The zero-order valence-corrected chi connectivity index (χ0v) is 18.0. The summed E-state index contributed by atoms with van der Waals surface area (Å²) in [6.07, 6.45) is 4.82. The lowest BCUT2D eigenvalue weighted by Gasteiger charge is -2.26. The fourth-order valence-electron chi connectivity index (χ4n) is 4.14. The highest BCUT2D eigenvalue weighted by Gasteiger charge is 2.51. The molecule has 0 unspecified atom stereocenters. The minimum absolute atomic E-state index is 0.0207. The molecular weight excluding hydrogens is 454 g/mol. The largest absolute Gasteiger partial charge is 0.326 e. The zero-order valence-electron chi connectivity index (χ0n) is 15.0. The van der Waals surface area contributed by atoms with Crippen LogP contribution in [0.4, 0.5) is 11.4 Å². The number of carbonyl (C=O) groups excluding carboxylic acids is 2. The van der Waals surface area contributed by atoms with Crippen molar-refractivity contribution in [1.29, 1.82) is 0 Å². The third-order valence-corrected chi connectivity index (χ3v) is 6.92. The van der Waals surface area contributed by atoms with Gasteiger partial charge in [0.2, 0.25) is 11.8 Å². The van der Waals surface area contributed by atoms with Crippen molar-refractivity contribution < 1.29 is 9.59 Å². The molecule has 2 aliphatic carbocycles.